The van der Waals surface area contributed by atoms with E-state index in [0.717, 1.165) is 10.2 Å². The monoisotopic (exact) mass is 455 g/mol. The molecule has 1 aliphatic heterocycles. The number of halogens is 1. The molecule has 1 fully saturated rings. The molecule has 1 aromatic carbocycles. The highest BCUT2D eigenvalue weighted by Gasteiger charge is 2.26. The lowest BCUT2D eigenvalue weighted by Crippen LogP contribution is -2.48. The third-order valence-electron chi connectivity index (χ3n) is 4.62. The van der Waals surface area contributed by atoms with Crippen LogP contribution in [0.4, 0.5) is 11.6 Å². The van der Waals surface area contributed by atoms with E-state index >= 15 is 0 Å². The number of amides is 1. The van der Waals surface area contributed by atoms with Gasteiger partial charge in [-0.15, -0.1) is 0 Å². The van der Waals surface area contributed by atoms with Crippen molar-refractivity contribution < 1.29 is 13.6 Å². The first-order valence-electron chi connectivity index (χ1n) is 9.10. The highest BCUT2D eigenvalue weighted by molar-refractivity contribution is 9.10. The molecule has 1 amide bonds. The molecule has 1 N–H and O–H groups in total. The molecule has 2 aromatic heterocycles. The maximum Gasteiger partial charge on any atom is 0.266 e. The van der Waals surface area contributed by atoms with Crippen molar-refractivity contribution in [2.24, 2.45) is 0 Å². The number of benzene rings is 1. The molecule has 0 bridgehead atoms. The number of nitriles is 1. The number of nitrogens with zero attached hydrogens (tertiary/aromatic N) is 4. The molecule has 9 heteroatoms. The smallest absolute Gasteiger partial charge is 0.266 e. The van der Waals surface area contributed by atoms with Crippen LogP contribution in [-0.2, 0) is 4.79 Å². The molecular formula is C20H18BrN5O3. The van der Waals surface area contributed by atoms with Gasteiger partial charge in [-0.2, -0.15) is 10.2 Å². The first-order chi connectivity index (χ1) is 14.1. The first kappa shape index (κ1) is 19.2. The molecule has 0 spiro atoms. The second-order valence-corrected chi connectivity index (χ2v) is 7.41. The van der Waals surface area contributed by atoms with E-state index in [1.54, 1.807) is 12.1 Å². The fraction of sp³-hybridized carbons (Fsp3) is 0.250. The number of hydrogen-bond acceptors (Lipinski definition) is 7. The van der Waals surface area contributed by atoms with Crippen molar-refractivity contribution >= 4 is 33.4 Å². The van der Waals surface area contributed by atoms with Crippen LogP contribution in [0.5, 0.6) is 0 Å². The van der Waals surface area contributed by atoms with Gasteiger partial charge in [0.05, 0.1) is 18.5 Å². The quantitative estimate of drug-likeness (QED) is 0.629. The molecule has 29 heavy (non-hydrogen) atoms. The number of carbonyl (C=O) groups is 1. The molecule has 0 unspecified atom stereocenters. The number of nitrogens with one attached hydrogen (secondary N) is 1. The van der Waals surface area contributed by atoms with Crippen molar-refractivity contribution in [1.82, 2.24) is 9.88 Å². The lowest BCUT2D eigenvalue weighted by atomic mass is 10.3. The van der Waals surface area contributed by atoms with Crippen molar-refractivity contribution in [1.29, 1.82) is 5.26 Å². The van der Waals surface area contributed by atoms with Crippen LogP contribution >= 0.6 is 15.9 Å². The molecule has 1 aliphatic rings. The van der Waals surface area contributed by atoms with E-state index in [0.29, 0.717) is 44.4 Å². The van der Waals surface area contributed by atoms with E-state index in [9.17, 15) is 10.1 Å². The zero-order valence-electron chi connectivity index (χ0n) is 15.5. The molecule has 1 saturated heterocycles. The highest BCUT2D eigenvalue weighted by atomic mass is 79.9. The van der Waals surface area contributed by atoms with Gasteiger partial charge in [0.25, 0.3) is 5.89 Å². The molecule has 0 aliphatic carbocycles. The Morgan fingerprint density at radius 2 is 2.00 bits per heavy atom. The molecule has 4 rings (SSSR count). The zero-order valence-corrected chi connectivity index (χ0v) is 17.1. The summed E-state index contributed by atoms with van der Waals surface area (Å²) in [5.41, 5.74) is 0.985. The molecule has 0 radical (unpaired) electrons. The standard InChI is InChI=1S/C20H18BrN5O3/c21-14-4-1-2-5-15(14)23-18(27)13-25-7-9-26(10-8-25)20-16(12-22)24-19(29-20)17-6-3-11-28-17/h1-6,11H,7-10,13H2,(H,23,27). The summed E-state index contributed by atoms with van der Waals surface area (Å²) in [6, 6.07) is 13.1. The first-order valence-corrected chi connectivity index (χ1v) is 9.90. The van der Waals surface area contributed by atoms with Crippen LogP contribution in [-0.4, -0.2) is 48.5 Å². The number of oxazole rings is 1. The number of piperazine rings is 1. The Balaban J connectivity index is 1.36. The second-order valence-electron chi connectivity index (χ2n) is 6.55. The number of anilines is 2. The molecule has 148 valence electrons. The van der Waals surface area contributed by atoms with E-state index in [1.165, 1.54) is 6.26 Å². The van der Waals surface area contributed by atoms with Gasteiger partial charge in [0, 0.05) is 30.7 Å². The van der Waals surface area contributed by atoms with Gasteiger partial charge in [0.1, 0.15) is 6.07 Å². The van der Waals surface area contributed by atoms with E-state index in [2.05, 4.69) is 37.2 Å². The van der Waals surface area contributed by atoms with Gasteiger partial charge in [0.15, 0.2) is 5.76 Å². The Morgan fingerprint density at radius 1 is 1.21 bits per heavy atom. The SMILES string of the molecule is N#Cc1nc(-c2ccco2)oc1N1CCN(CC(=O)Nc2ccccc2Br)CC1. The Bertz CT molecular complexity index is 1030. The summed E-state index contributed by atoms with van der Waals surface area (Å²) >= 11 is 3.43. The average Bonchev–Trinajstić information content (AvgIpc) is 3.40. The average molecular weight is 456 g/mol. The summed E-state index contributed by atoms with van der Waals surface area (Å²) in [4.78, 5) is 20.6. The maximum atomic E-state index is 12.4. The molecular weight excluding hydrogens is 438 g/mol. The summed E-state index contributed by atoms with van der Waals surface area (Å²) in [5.74, 6) is 1.14. The fourth-order valence-corrected chi connectivity index (χ4v) is 3.55. The molecule has 0 saturated carbocycles. The van der Waals surface area contributed by atoms with Gasteiger partial charge in [-0.25, -0.2) is 0 Å². The van der Waals surface area contributed by atoms with Crippen LogP contribution in [0, 0.1) is 11.3 Å². The number of furan rings is 1. The third-order valence-corrected chi connectivity index (χ3v) is 5.31. The molecule has 0 atom stereocenters. The topological polar surface area (TPSA) is 98.5 Å². The van der Waals surface area contributed by atoms with Crippen LogP contribution in [0.3, 0.4) is 0 Å². The minimum atomic E-state index is -0.0668. The summed E-state index contributed by atoms with van der Waals surface area (Å²) < 4.78 is 11.9. The number of rotatable bonds is 5. The number of hydrogen-bond donors (Lipinski definition) is 1. The maximum absolute atomic E-state index is 12.4. The number of para-hydroxylation sites is 1. The predicted molar refractivity (Wildman–Crippen MR) is 110 cm³/mol. The van der Waals surface area contributed by atoms with Crippen molar-refractivity contribution in [2.45, 2.75) is 0 Å². The van der Waals surface area contributed by atoms with Crippen LogP contribution in [0.1, 0.15) is 5.69 Å². The fourth-order valence-electron chi connectivity index (χ4n) is 3.17. The minimum Gasteiger partial charge on any atom is -0.459 e. The van der Waals surface area contributed by atoms with Gasteiger partial charge in [-0.3, -0.25) is 9.69 Å². The highest BCUT2D eigenvalue weighted by Crippen LogP contribution is 2.29. The van der Waals surface area contributed by atoms with Gasteiger partial charge in [0.2, 0.25) is 17.5 Å². The van der Waals surface area contributed by atoms with E-state index in [1.807, 2.05) is 29.2 Å². The summed E-state index contributed by atoms with van der Waals surface area (Å²) in [6.07, 6.45) is 1.53. The Labute approximate surface area is 175 Å². The van der Waals surface area contributed by atoms with Crippen molar-refractivity contribution in [3.05, 3.63) is 52.8 Å². The zero-order chi connectivity index (χ0) is 20.2. The largest absolute Gasteiger partial charge is 0.459 e. The molecule has 8 nitrogen and oxygen atoms in total. The van der Waals surface area contributed by atoms with Crippen LogP contribution < -0.4 is 10.2 Å². The summed E-state index contributed by atoms with van der Waals surface area (Å²) in [7, 11) is 0. The van der Waals surface area contributed by atoms with E-state index in [-0.39, 0.29) is 17.5 Å². The predicted octanol–water partition coefficient (Wildman–Crippen LogP) is 3.33. The van der Waals surface area contributed by atoms with Crippen molar-refractivity contribution in [2.75, 3.05) is 42.9 Å². The van der Waals surface area contributed by atoms with Crippen LogP contribution in [0.15, 0.2) is 56.0 Å². The number of aromatic nitrogens is 1. The lowest BCUT2D eigenvalue weighted by Gasteiger charge is -2.34. The Hall–Kier alpha value is -3.09. The minimum absolute atomic E-state index is 0.0668. The third kappa shape index (κ3) is 4.34. The normalized spacial score (nSPS) is 14.6. The van der Waals surface area contributed by atoms with E-state index < -0.39 is 0 Å². The van der Waals surface area contributed by atoms with Gasteiger partial charge in [-0.05, 0) is 40.2 Å². The van der Waals surface area contributed by atoms with E-state index in [4.69, 9.17) is 8.83 Å². The van der Waals surface area contributed by atoms with Gasteiger partial charge >= 0.3 is 0 Å². The lowest BCUT2D eigenvalue weighted by molar-refractivity contribution is -0.117. The molecule has 3 aromatic rings. The van der Waals surface area contributed by atoms with Crippen molar-refractivity contribution in [3.63, 3.8) is 0 Å². The summed E-state index contributed by atoms with van der Waals surface area (Å²) in [5, 5.41) is 12.3. The van der Waals surface area contributed by atoms with Crippen LogP contribution in [0.25, 0.3) is 11.7 Å². The van der Waals surface area contributed by atoms with Crippen molar-refractivity contribution in [3.8, 4) is 17.7 Å². The van der Waals surface area contributed by atoms with Crippen LogP contribution in [0.2, 0.25) is 0 Å². The Morgan fingerprint density at radius 3 is 2.69 bits per heavy atom. The second kappa shape index (κ2) is 8.51. The number of carbonyl (C=O) groups excluding carboxylic acids is 1. The Kier molecular flexibility index (Phi) is 5.64. The van der Waals surface area contributed by atoms with Gasteiger partial charge < -0.3 is 19.1 Å². The molecule has 3 heterocycles. The summed E-state index contributed by atoms with van der Waals surface area (Å²) in [6.45, 7) is 2.90. The van der Waals surface area contributed by atoms with Gasteiger partial charge in [-0.1, -0.05) is 12.1 Å².